The third kappa shape index (κ3) is 5.00. The first-order valence-corrected chi connectivity index (χ1v) is 10.6. The number of primary amides is 2. The number of pyridine rings is 1. The molecule has 7 heteroatoms. The van der Waals surface area contributed by atoms with Gasteiger partial charge >= 0.3 is 0 Å². The van der Waals surface area contributed by atoms with Crippen LogP contribution in [0, 0.1) is 5.82 Å². The van der Waals surface area contributed by atoms with Crippen molar-refractivity contribution in [3.8, 4) is 11.1 Å². The van der Waals surface area contributed by atoms with Crippen molar-refractivity contribution < 1.29 is 14.0 Å². The molecule has 1 aliphatic rings. The van der Waals surface area contributed by atoms with Gasteiger partial charge in [0.15, 0.2) is 0 Å². The number of carbonyl (C=O) groups is 2. The van der Waals surface area contributed by atoms with E-state index in [1.54, 1.807) is 30.3 Å². The Hall–Kier alpha value is -3.58. The van der Waals surface area contributed by atoms with Gasteiger partial charge in [0.05, 0.1) is 5.69 Å². The Balaban J connectivity index is 0.00000141. The molecule has 0 fully saturated rings. The van der Waals surface area contributed by atoms with E-state index in [-0.39, 0.29) is 11.5 Å². The Morgan fingerprint density at radius 2 is 1.72 bits per heavy atom. The zero-order chi connectivity index (χ0) is 23.3. The van der Waals surface area contributed by atoms with E-state index < -0.39 is 11.8 Å². The molecule has 0 unspecified atom stereocenters. The number of nitrogens with two attached hydrogens (primary N) is 2. The lowest BCUT2D eigenvalue weighted by Crippen LogP contribution is -2.32. The fraction of sp³-hybridized carbons (Fsp3) is 0.240. The van der Waals surface area contributed by atoms with Crippen LogP contribution in [0.25, 0.3) is 11.1 Å². The predicted molar refractivity (Wildman–Crippen MR) is 122 cm³/mol. The van der Waals surface area contributed by atoms with Crippen molar-refractivity contribution in [1.82, 2.24) is 9.88 Å². The van der Waals surface area contributed by atoms with Crippen molar-refractivity contribution in [2.45, 2.75) is 33.4 Å². The number of aromatic nitrogens is 1. The summed E-state index contributed by atoms with van der Waals surface area (Å²) in [5.74, 6) is -1.40. The average molecular weight is 435 g/mol. The fourth-order valence-corrected chi connectivity index (χ4v) is 3.88. The molecule has 0 saturated heterocycles. The van der Waals surface area contributed by atoms with Crippen LogP contribution >= 0.6 is 0 Å². The van der Waals surface area contributed by atoms with Crippen LogP contribution in [0.3, 0.4) is 0 Å². The fourth-order valence-electron chi connectivity index (χ4n) is 3.88. The molecule has 0 atom stereocenters. The highest BCUT2D eigenvalue weighted by Gasteiger charge is 2.24. The quantitative estimate of drug-likeness (QED) is 0.640. The van der Waals surface area contributed by atoms with Crippen molar-refractivity contribution in [3.63, 3.8) is 0 Å². The maximum absolute atomic E-state index is 13.4. The molecule has 1 aromatic heterocycles. The van der Waals surface area contributed by atoms with E-state index in [4.69, 9.17) is 11.5 Å². The normalized spacial score (nSPS) is 13.0. The summed E-state index contributed by atoms with van der Waals surface area (Å²) in [5, 5.41) is 0. The average Bonchev–Trinajstić information content (AvgIpc) is 2.80. The molecule has 0 saturated carbocycles. The summed E-state index contributed by atoms with van der Waals surface area (Å²) in [5.41, 5.74) is 15.9. The Kier molecular flexibility index (Phi) is 7.33. The van der Waals surface area contributed by atoms with E-state index in [1.807, 2.05) is 26.0 Å². The number of nitrogens with zero attached hydrogens (tertiary/aromatic N) is 2. The number of benzene rings is 2. The predicted octanol–water partition coefficient (Wildman–Crippen LogP) is 3.67. The summed E-state index contributed by atoms with van der Waals surface area (Å²) in [7, 11) is 0. The smallest absolute Gasteiger partial charge is 0.267 e. The van der Waals surface area contributed by atoms with Gasteiger partial charge in [-0.1, -0.05) is 44.2 Å². The van der Waals surface area contributed by atoms with Crippen LogP contribution in [0.1, 0.15) is 51.5 Å². The highest BCUT2D eigenvalue weighted by atomic mass is 19.1. The minimum absolute atomic E-state index is 0.174. The molecule has 2 amide bonds. The highest BCUT2D eigenvalue weighted by molar-refractivity contribution is 5.94. The van der Waals surface area contributed by atoms with Crippen LogP contribution in [0.4, 0.5) is 4.39 Å². The second-order valence-electron chi connectivity index (χ2n) is 7.33. The van der Waals surface area contributed by atoms with Gasteiger partial charge in [-0.05, 0) is 52.9 Å². The second-order valence-corrected chi connectivity index (χ2v) is 7.33. The van der Waals surface area contributed by atoms with Crippen LogP contribution in [0.5, 0.6) is 0 Å². The maximum atomic E-state index is 13.4. The summed E-state index contributed by atoms with van der Waals surface area (Å²) in [6.07, 6.45) is 0.701. The van der Waals surface area contributed by atoms with E-state index in [2.05, 4.69) is 9.88 Å². The van der Waals surface area contributed by atoms with Gasteiger partial charge in [-0.2, -0.15) is 0 Å². The number of hydrogen-bond acceptors (Lipinski definition) is 4. The summed E-state index contributed by atoms with van der Waals surface area (Å²) >= 11 is 0. The number of halogens is 1. The Morgan fingerprint density at radius 1 is 1.03 bits per heavy atom. The minimum Gasteiger partial charge on any atom is -0.366 e. The van der Waals surface area contributed by atoms with E-state index in [0.717, 1.165) is 34.5 Å². The zero-order valence-electron chi connectivity index (χ0n) is 18.3. The second kappa shape index (κ2) is 10.2. The first-order valence-electron chi connectivity index (χ1n) is 10.6. The molecular formula is C25H27FN4O2. The SMILES string of the molecule is CC.NC(=O)c1cc(-c2ccc(F)cc2)c2c(n1)CN(Cc1ccccc1C(N)=O)CC2. The maximum Gasteiger partial charge on any atom is 0.267 e. The molecule has 166 valence electrons. The number of hydrogen-bond donors (Lipinski definition) is 2. The topological polar surface area (TPSA) is 102 Å². The molecule has 0 bridgehead atoms. The van der Waals surface area contributed by atoms with E-state index in [9.17, 15) is 14.0 Å². The van der Waals surface area contributed by atoms with E-state index in [0.29, 0.717) is 25.1 Å². The van der Waals surface area contributed by atoms with Crippen molar-refractivity contribution in [3.05, 3.63) is 88.5 Å². The van der Waals surface area contributed by atoms with Crippen LogP contribution in [-0.4, -0.2) is 28.2 Å². The summed E-state index contributed by atoms with van der Waals surface area (Å²) in [6.45, 7) is 5.77. The van der Waals surface area contributed by atoms with E-state index >= 15 is 0 Å². The molecule has 0 aliphatic carbocycles. The standard InChI is InChI=1S/C23H21FN4O2.C2H6/c24-16-7-5-14(6-8-16)19-11-20(23(26)30)27-21-13-28(10-9-18(19)21)12-15-3-1-2-4-17(15)22(25)29;1-2/h1-8,11H,9-10,12-13H2,(H2,25,29)(H2,26,30);1-2H3. The minimum atomic E-state index is -0.614. The first kappa shape index (κ1) is 23.1. The molecule has 6 nitrogen and oxygen atoms in total. The van der Waals surface area contributed by atoms with E-state index in [1.165, 1.54) is 12.1 Å². The summed E-state index contributed by atoms with van der Waals surface area (Å²) < 4.78 is 13.4. The van der Waals surface area contributed by atoms with Gasteiger partial charge in [-0.3, -0.25) is 14.5 Å². The van der Waals surface area contributed by atoms with Gasteiger partial charge in [0.2, 0.25) is 5.91 Å². The third-order valence-electron chi connectivity index (χ3n) is 5.35. The van der Waals surface area contributed by atoms with Crippen LogP contribution in [0.2, 0.25) is 0 Å². The van der Waals surface area contributed by atoms with Gasteiger partial charge in [0.1, 0.15) is 11.5 Å². The van der Waals surface area contributed by atoms with Crippen molar-refractivity contribution >= 4 is 11.8 Å². The largest absolute Gasteiger partial charge is 0.366 e. The molecule has 1 aliphatic heterocycles. The highest BCUT2D eigenvalue weighted by Crippen LogP contribution is 2.31. The molecule has 3 aromatic rings. The first-order chi connectivity index (χ1) is 15.4. The lowest BCUT2D eigenvalue weighted by molar-refractivity contribution is 0.0987. The van der Waals surface area contributed by atoms with Crippen LogP contribution in [-0.2, 0) is 19.5 Å². The van der Waals surface area contributed by atoms with Crippen LogP contribution < -0.4 is 11.5 Å². The number of rotatable bonds is 5. The monoisotopic (exact) mass is 434 g/mol. The van der Waals surface area contributed by atoms with Crippen molar-refractivity contribution in [1.29, 1.82) is 0 Å². The Morgan fingerprint density at radius 3 is 2.38 bits per heavy atom. The molecule has 4 rings (SSSR count). The molecule has 2 heterocycles. The van der Waals surface area contributed by atoms with Gasteiger partial charge in [-0.15, -0.1) is 0 Å². The van der Waals surface area contributed by atoms with Gasteiger partial charge < -0.3 is 11.5 Å². The van der Waals surface area contributed by atoms with Crippen LogP contribution in [0.15, 0.2) is 54.6 Å². The molecule has 32 heavy (non-hydrogen) atoms. The third-order valence-corrected chi connectivity index (χ3v) is 5.35. The number of amides is 2. The Bertz CT molecular complexity index is 1130. The summed E-state index contributed by atoms with van der Waals surface area (Å²) in [6, 6.07) is 15.1. The zero-order valence-corrected chi connectivity index (χ0v) is 18.3. The molecular weight excluding hydrogens is 407 g/mol. The number of fused-ring (bicyclic) bond motifs is 1. The van der Waals surface area contributed by atoms with Gasteiger partial charge in [0.25, 0.3) is 5.91 Å². The van der Waals surface area contributed by atoms with Gasteiger partial charge in [0, 0.05) is 25.2 Å². The Labute approximate surface area is 187 Å². The molecule has 0 radical (unpaired) electrons. The summed E-state index contributed by atoms with van der Waals surface area (Å²) in [4.78, 5) is 30.2. The lowest BCUT2D eigenvalue weighted by Gasteiger charge is -2.30. The number of carbonyl (C=O) groups excluding carboxylic acids is 2. The van der Waals surface area contributed by atoms with Crippen molar-refractivity contribution in [2.24, 2.45) is 11.5 Å². The van der Waals surface area contributed by atoms with Gasteiger partial charge in [-0.25, -0.2) is 9.37 Å². The van der Waals surface area contributed by atoms with Crippen molar-refractivity contribution in [2.75, 3.05) is 6.54 Å². The molecule has 2 aromatic carbocycles. The molecule has 0 spiro atoms. The molecule has 4 N–H and O–H groups in total. The lowest BCUT2D eigenvalue weighted by atomic mass is 9.93.